The van der Waals surface area contributed by atoms with Crippen LogP contribution in [0.5, 0.6) is 0 Å². The molecule has 21 heavy (non-hydrogen) atoms. The highest BCUT2D eigenvalue weighted by atomic mass is 32.2. The molecule has 0 saturated carbocycles. The Kier molecular flexibility index (Phi) is 6.05. The summed E-state index contributed by atoms with van der Waals surface area (Å²) in [4.78, 5) is 10.6. The van der Waals surface area contributed by atoms with Crippen LogP contribution in [0.15, 0.2) is 29.2 Å². The van der Waals surface area contributed by atoms with Gasteiger partial charge in [-0.25, -0.2) is 8.42 Å². The van der Waals surface area contributed by atoms with Gasteiger partial charge in [-0.2, -0.15) is 5.26 Å². The number of carboxylic acid groups (broad SMARTS) is 1. The molecule has 0 fully saturated rings. The second kappa shape index (κ2) is 7.33. The van der Waals surface area contributed by atoms with Gasteiger partial charge in [-0.05, 0) is 24.3 Å². The van der Waals surface area contributed by atoms with Crippen molar-refractivity contribution in [2.45, 2.75) is 23.5 Å². The Morgan fingerprint density at radius 3 is 2.43 bits per heavy atom. The number of carboxylic acids is 1. The average Bonchev–Trinajstić information content (AvgIpc) is 2.44. The number of rotatable bonds is 7. The lowest BCUT2D eigenvalue weighted by molar-refractivity contribution is -0.136. The van der Waals surface area contributed by atoms with Crippen LogP contribution in [0.1, 0.15) is 18.9 Å². The monoisotopic (exact) mass is 329 g/mol. The van der Waals surface area contributed by atoms with Gasteiger partial charge in [-0.3, -0.25) is 9.00 Å². The number of carbonyl (C=O) groups is 1. The standard InChI is InChI=1S/C13H15NO5S2/c1-10(8-13(15)16)20(17)6-7-21(18,19)12-4-2-11(9-14)3-5-12/h2-5,10H,6-8H2,1H3,(H,15,16). The molecule has 1 aromatic rings. The van der Waals surface area contributed by atoms with Crippen molar-refractivity contribution in [2.75, 3.05) is 11.5 Å². The van der Waals surface area contributed by atoms with E-state index in [-0.39, 0.29) is 22.8 Å². The lowest BCUT2D eigenvalue weighted by atomic mass is 10.2. The third kappa shape index (κ3) is 5.28. The summed E-state index contributed by atoms with van der Waals surface area (Å²) in [6, 6.07) is 7.35. The van der Waals surface area contributed by atoms with E-state index in [1.165, 1.54) is 31.2 Å². The van der Waals surface area contributed by atoms with E-state index >= 15 is 0 Å². The van der Waals surface area contributed by atoms with Crippen LogP contribution < -0.4 is 0 Å². The number of hydrogen-bond acceptors (Lipinski definition) is 5. The minimum absolute atomic E-state index is 0.0596. The number of sulfone groups is 1. The quantitative estimate of drug-likeness (QED) is 0.797. The molecule has 0 heterocycles. The summed E-state index contributed by atoms with van der Waals surface area (Å²) in [5, 5.41) is 16.7. The van der Waals surface area contributed by atoms with Crippen LogP contribution >= 0.6 is 0 Å². The summed E-state index contributed by atoms with van der Waals surface area (Å²) < 4.78 is 35.9. The zero-order chi connectivity index (χ0) is 16.0. The van der Waals surface area contributed by atoms with E-state index in [1.54, 1.807) is 0 Å². The third-order valence-electron chi connectivity index (χ3n) is 2.81. The molecule has 8 heteroatoms. The summed E-state index contributed by atoms with van der Waals surface area (Å²) in [7, 11) is -5.12. The minimum Gasteiger partial charge on any atom is -0.481 e. The van der Waals surface area contributed by atoms with E-state index < -0.39 is 31.9 Å². The molecule has 0 spiro atoms. The van der Waals surface area contributed by atoms with E-state index in [0.717, 1.165) is 0 Å². The van der Waals surface area contributed by atoms with Crippen LogP contribution in [0.4, 0.5) is 0 Å². The van der Waals surface area contributed by atoms with Crippen LogP contribution in [-0.2, 0) is 25.4 Å². The molecule has 0 aliphatic heterocycles. The van der Waals surface area contributed by atoms with Gasteiger partial charge in [0, 0.05) is 21.8 Å². The molecule has 0 amide bonds. The number of benzene rings is 1. The van der Waals surface area contributed by atoms with E-state index in [2.05, 4.69) is 0 Å². The van der Waals surface area contributed by atoms with Crippen molar-refractivity contribution in [3.63, 3.8) is 0 Å². The van der Waals surface area contributed by atoms with Crippen LogP contribution in [-0.4, -0.2) is 40.5 Å². The second-order valence-corrected chi connectivity index (χ2v) is 8.53. The first-order valence-electron chi connectivity index (χ1n) is 6.08. The Bertz CT molecular complexity index is 674. The summed E-state index contributed by atoms with van der Waals surface area (Å²) in [6.45, 7) is 1.51. The smallest absolute Gasteiger partial charge is 0.304 e. The molecule has 6 nitrogen and oxygen atoms in total. The van der Waals surface area contributed by atoms with Crippen LogP contribution in [0.25, 0.3) is 0 Å². The minimum atomic E-state index is -3.59. The molecule has 1 N–H and O–H groups in total. The van der Waals surface area contributed by atoms with E-state index in [0.29, 0.717) is 5.56 Å². The summed E-state index contributed by atoms with van der Waals surface area (Å²) >= 11 is 0. The average molecular weight is 329 g/mol. The summed E-state index contributed by atoms with van der Waals surface area (Å²) in [5.41, 5.74) is 0.354. The molecular weight excluding hydrogens is 314 g/mol. The Morgan fingerprint density at radius 2 is 1.95 bits per heavy atom. The molecule has 1 aromatic carbocycles. The fraction of sp³-hybridized carbons (Fsp3) is 0.385. The molecule has 0 aliphatic carbocycles. The molecule has 0 bridgehead atoms. The molecule has 0 radical (unpaired) electrons. The Hall–Kier alpha value is -1.72. The highest BCUT2D eigenvalue weighted by Crippen LogP contribution is 2.13. The molecule has 0 aromatic heterocycles. The van der Waals surface area contributed by atoms with Gasteiger partial charge >= 0.3 is 5.97 Å². The van der Waals surface area contributed by atoms with Gasteiger partial charge in [0.05, 0.1) is 28.7 Å². The topological polar surface area (TPSA) is 112 Å². The van der Waals surface area contributed by atoms with Crippen molar-refractivity contribution >= 4 is 26.6 Å². The Labute approximate surface area is 125 Å². The number of nitriles is 1. The zero-order valence-corrected chi connectivity index (χ0v) is 13.0. The van der Waals surface area contributed by atoms with Crippen molar-refractivity contribution in [2.24, 2.45) is 0 Å². The maximum Gasteiger partial charge on any atom is 0.304 e. The largest absolute Gasteiger partial charge is 0.481 e. The van der Waals surface area contributed by atoms with Crippen molar-refractivity contribution in [1.29, 1.82) is 5.26 Å². The normalized spacial score (nSPS) is 14.1. The molecule has 2 unspecified atom stereocenters. The lowest BCUT2D eigenvalue weighted by Crippen LogP contribution is -2.22. The highest BCUT2D eigenvalue weighted by molar-refractivity contribution is 7.93. The first-order valence-corrected chi connectivity index (χ1v) is 9.11. The van der Waals surface area contributed by atoms with E-state index in [1.807, 2.05) is 6.07 Å². The predicted molar refractivity (Wildman–Crippen MR) is 77.9 cm³/mol. The van der Waals surface area contributed by atoms with Crippen LogP contribution in [0.2, 0.25) is 0 Å². The fourth-order valence-electron chi connectivity index (χ4n) is 1.59. The molecular formula is C13H15NO5S2. The van der Waals surface area contributed by atoms with Gasteiger partial charge in [0.2, 0.25) is 0 Å². The van der Waals surface area contributed by atoms with Gasteiger partial charge < -0.3 is 5.11 Å². The van der Waals surface area contributed by atoms with Crippen LogP contribution in [0, 0.1) is 11.3 Å². The number of hydrogen-bond donors (Lipinski definition) is 1. The van der Waals surface area contributed by atoms with Gasteiger partial charge in [-0.1, -0.05) is 6.92 Å². The Morgan fingerprint density at radius 1 is 1.38 bits per heavy atom. The maximum absolute atomic E-state index is 12.0. The third-order valence-corrected chi connectivity index (χ3v) is 6.47. The maximum atomic E-state index is 12.0. The Balaban J connectivity index is 2.70. The molecule has 0 saturated heterocycles. The van der Waals surface area contributed by atoms with Gasteiger partial charge in [0.15, 0.2) is 9.84 Å². The highest BCUT2D eigenvalue weighted by Gasteiger charge is 2.20. The second-order valence-electron chi connectivity index (χ2n) is 4.45. The van der Waals surface area contributed by atoms with E-state index in [9.17, 15) is 17.4 Å². The van der Waals surface area contributed by atoms with Gasteiger partial charge in [-0.15, -0.1) is 0 Å². The molecule has 0 aliphatic rings. The molecule has 114 valence electrons. The predicted octanol–water partition coefficient (Wildman–Crippen LogP) is 0.944. The number of nitrogens with zero attached hydrogens (tertiary/aromatic N) is 1. The number of aliphatic carboxylic acids is 1. The van der Waals surface area contributed by atoms with Gasteiger partial charge in [0.25, 0.3) is 0 Å². The van der Waals surface area contributed by atoms with Crippen molar-refractivity contribution in [3.8, 4) is 6.07 Å². The first kappa shape index (κ1) is 17.3. The van der Waals surface area contributed by atoms with Crippen molar-refractivity contribution < 1.29 is 22.5 Å². The lowest BCUT2D eigenvalue weighted by Gasteiger charge is -2.09. The molecule has 2 atom stereocenters. The first-order chi connectivity index (χ1) is 9.76. The molecule has 1 rings (SSSR count). The SMILES string of the molecule is CC(CC(=O)O)S(=O)CCS(=O)(=O)c1ccc(C#N)cc1. The fourth-order valence-corrected chi connectivity index (χ4v) is 4.64. The van der Waals surface area contributed by atoms with Crippen molar-refractivity contribution in [1.82, 2.24) is 0 Å². The van der Waals surface area contributed by atoms with Gasteiger partial charge in [0.1, 0.15) is 0 Å². The van der Waals surface area contributed by atoms with Crippen molar-refractivity contribution in [3.05, 3.63) is 29.8 Å². The van der Waals surface area contributed by atoms with E-state index in [4.69, 9.17) is 10.4 Å². The van der Waals surface area contributed by atoms with Crippen LogP contribution in [0.3, 0.4) is 0 Å². The summed E-state index contributed by atoms with van der Waals surface area (Å²) in [6.07, 6.45) is -0.260. The zero-order valence-electron chi connectivity index (χ0n) is 11.4. The summed E-state index contributed by atoms with van der Waals surface area (Å²) in [5.74, 6) is -1.50.